The van der Waals surface area contributed by atoms with E-state index in [1.54, 1.807) is 42.5 Å². The topological polar surface area (TPSA) is 104 Å². The van der Waals surface area contributed by atoms with Crippen LogP contribution < -0.4 is 16.0 Å². The Labute approximate surface area is 138 Å². The third-order valence-corrected chi connectivity index (χ3v) is 2.95. The molecule has 0 radical (unpaired) electrons. The molecule has 0 bridgehead atoms. The van der Waals surface area contributed by atoms with E-state index in [4.69, 9.17) is 0 Å². The van der Waals surface area contributed by atoms with Crippen LogP contribution >= 0.6 is 0 Å². The molecule has 7 nitrogen and oxygen atoms in total. The molecule has 122 valence electrons. The number of hydrogen-bond acceptors (Lipinski definition) is 4. The highest BCUT2D eigenvalue weighted by Crippen LogP contribution is 1.99. The first-order chi connectivity index (χ1) is 11.5. The highest BCUT2D eigenvalue weighted by Gasteiger charge is 2.14. The van der Waals surface area contributed by atoms with Crippen LogP contribution in [0, 0.1) is 0 Å². The van der Waals surface area contributed by atoms with Gasteiger partial charge >= 0.3 is 12.1 Å². The normalized spacial score (nSPS) is 9.67. The van der Waals surface area contributed by atoms with Crippen LogP contribution in [0.25, 0.3) is 0 Å². The molecule has 2 aromatic carbocycles. The van der Waals surface area contributed by atoms with Gasteiger partial charge < -0.3 is 0 Å². The number of urea groups is 2. The van der Waals surface area contributed by atoms with Crippen LogP contribution in [0.5, 0.6) is 0 Å². The van der Waals surface area contributed by atoms with Crippen LogP contribution in [0.2, 0.25) is 0 Å². The van der Waals surface area contributed by atoms with Gasteiger partial charge in [-0.3, -0.25) is 25.5 Å². The summed E-state index contributed by atoms with van der Waals surface area (Å²) in [4.78, 5) is 46.5. The van der Waals surface area contributed by atoms with Crippen LogP contribution in [0.4, 0.5) is 9.59 Å². The van der Waals surface area contributed by atoms with E-state index in [0.29, 0.717) is 0 Å². The van der Waals surface area contributed by atoms with Crippen LogP contribution in [-0.2, 0) is 11.2 Å². The molecule has 0 heterocycles. The number of nitrogens with one attached hydrogen (secondary N) is 3. The van der Waals surface area contributed by atoms with Gasteiger partial charge in [0.1, 0.15) is 0 Å². The monoisotopic (exact) mass is 325 g/mol. The van der Waals surface area contributed by atoms with Crippen LogP contribution in [0.3, 0.4) is 0 Å². The average Bonchev–Trinajstić information content (AvgIpc) is 2.56. The van der Waals surface area contributed by atoms with E-state index >= 15 is 0 Å². The lowest BCUT2D eigenvalue weighted by Crippen LogP contribution is -2.48. The summed E-state index contributed by atoms with van der Waals surface area (Å²) in [6, 6.07) is 14.8. The Morgan fingerprint density at radius 2 is 1.21 bits per heavy atom. The van der Waals surface area contributed by atoms with E-state index in [2.05, 4.69) is 0 Å². The molecule has 0 aliphatic rings. The summed E-state index contributed by atoms with van der Waals surface area (Å²) in [5.41, 5.74) is 1.000. The lowest BCUT2D eigenvalue weighted by atomic mass is 10.1. The molecule has 0 fully saturated rings. The summed E-state index contributed by atoms with van der Waals surface area (Å²) >= 11 is 0. The van der Waals surface area contributed by atoms with E-state index in [0.717, 1.165) is 5.56 Å². The first-order valence-electron chi connectivity index (χ1n) is 7.09. The maximum atomic E-state index is 11.7. The Bertz CT molecular complexity index is 745. The van der Waals surface area contributed by atoms with Gasteiger partial charge in [0.15, 0.2) is 0 Å². The third-order valence-electron chi connectivity index (χ3n) is 2.95. The van der Waals surface area contributed by atoms with Gasteiger partial charge in [0.05, 0.1) is 6.42 Å². The van der Waals surface area contributed by atoms with Gasteiger partial charge in [-0.2, -0.15) is 0 Å². The molecule has 6 amide bonds. The second-order valence-corrected chi connectivity index (χ2v) is 4.81. The molecular weight excluding hydrogens is 310 g/mol. The lowest BCUT2D eigenvalue weighted by Gasteiger charge is -2.07. The smallest absolute Gasteiger partial charge is 0.277 e. The molecule has 0 aliphatic carbocycles. The molecule has 0 spiro atoms. The molecule has 7 heteroatoms. The number of benzene rings is 2. The highest BCUT2D eigenvalue weighted by molar-refractivity contribution is 6.09. The molecule has 0 aliphatic heterocycles. The van der Waals surface area contributed by atoms with Crippen molar-refractivity contribution in [2.45, 2.75) is 6.42 Å². The van der Waals surface area contributed by atoms with Crippen LogP contribution in [0.15, 0.2) is 60.7 Å². The van der Waals surface area contributed by atoms with Gasteiger partial charge in [0, 0.05) is 5.56 Å². The standard InChI is InChI=1S/C17H15N3O4/c21-14(11-12-7-3-1-4-8-12)18-16(23)20-17(24)19-15(22)13-9-5-2-6-10-13/h1-10H,11H2,(H3,18,19,20,21,22,23,24). The summed E-state index contributed by atoms with van der Waals surface area (Å²) in [7, 11) is 0. The predicted molar refractivity (Wildman–Crippen MR) is 86.1 cm³/mol. The fraction of sp³-hybridized carbons (Fsp3) is 0.0588. The van der Waals surface area contributed by atoms with Gasteiger partial charge in [-0.25, -0.2) is 9.59 Å². The average molecular weight is 325 g/mol. The summed E-state index contributed by atoms with van der Waals surface area (Å²) < 4.78 is 0. The van der Waals surface area contributed by atoms with Crippen molar-refractivity contribution in [1.29, 1.82) is 0 Å². The molecule has 0 saturated carbocycles. The van der Waals surface area contributed by atoms with Gasteiger partial charge in [-0.15, -0.1) is 0 Å². The van der Waals surface area contributed by atoms with Crippen LogP contribution in [0.1, 0.15) is 15.9 Å². The largest absolute Gasteiger partial charge is 0.329 e. The zero-order valence-electron chi connectivity index (χ0n) is 12.6. The van der Waals surface area contributed by atoms with Crippen molar-refractivity contribution in [3.8, 4) is 0 Å². The minimum absolute atomic E-state index is 0.00117. The first kappa shape index (κ1) is 16.9. The Hall–Kier alpha value is -3.48. The van der Waals surface area contributed by atoms with Crippen molar-refractivity contribution >= 4 is 23.9 Å². The SMILES string of the molecule is O=C(Cc1ccccc1)NC(=O)NC(=O)NC(=O)c1ccccc1. The van der Waals surface area contributed by atoms with E-state index < -0.39 is 23.9 Å². The predicted octanol–water partition coefficient (Wildman–Crippen LogP) is 1.60. The highest BCUT2D eigenvalue weighted by atomic mass is 16.2. The first-order valence-corrected chi connectivity index (χ1v) is 7.09. The number of carbonyl (C=O) groups excluding carboxylic acids is 4. The fourth-order valence-electron chi connectivity index (χ4n) is 1.88. The summed E-state index contributed by atoms with van der Waals surface area (Å²) in [5, 5.41) is 5.86. The number of carbonyl (C=O) groups is 4. The maximum Gasteiger partial charge on any atom is 0.329 e. The van der Waals surface area contributed by atoms with Gasteiger partial charge in [-0.05, 0) is 17.7 Å². The third kappa shape index (κ3) is 5.38. The van der Waals surface area contributed by atoms with Crippen molar-refractivity contribution in [3.63, 3.8) is 0 Å². The van der Waals surface area contributed by atoms with E-state index in [-0.39, 0.29) is 12.0 Å². The second-order valence-electron chi connectivity index (χ2n) is 4.81. The number of hydrogen-bond donors (Lipinski definition) is 3. The zero-order chi connectivity index (χ0) is 17.4. The van der Waals surface area contributed by atoms with Crippen molar-refractivity contribution in [1.82, 2.24) is 16.0 Å². The van der Waals surface area contributed by atoms with E-state index in [1.165, 1.54) is 12.1 Å². The van der Waals surface area contributed by atoms with Gasteiger partial charge in [-0.1, -0.05) is 48.5 Å². The minimum atomic E-state index is -1.02. The van der Waals surface area contributed by atoms with Crippen molar-refractivity contribution in [3.05, 3.63) is 71.8 Å². The van der Waals surface area contributed by atoms with Gasteiger partial charge in [0.2, 0.25) is 5.91 Å². The molecule has 0 unspecified atom stereocenters. The molecular formula is C17H15N3O4. The Morgan fingerprint density at radius 1 is 0.667 bits per heavy atom. The molecule has 0 aromatic heterocycles. The van der Waals surface area contributed by atoms with Gasteiger partial charge in [0.25, 0.3) is 5.91 Å². The van der Waals surface area contributed by atoms with E-state index in [1.807, 2.05) is 22.0 Å². The van der Waals surface area contributed by atoms with Crippen LogP contribution in [-0.4, -0.2) is 23.9 Å². The molecule has 0 atom stereocenters. The molecule has 3 N–H and O–H groups in total. The van der Waals surface area contributed by atoms with Crippen molar-refractivity contribution in [2.24, 2.45) is 0 Å². The fourth-order valence-corrected chi connectivity index (χ4v) is 1.88. The summed E-state index contributed by atoms with van der Waals surface area (Å²) in [6.45, 7) is 0. The second kappa shape index (κ2) is 8.23. The molecule has 24 heavy (non-hydrogen) atoms. The minimum Gasteiger partial charge on any atom is -0.277 e. The molecule has 2 rings (SSSR count). The quantitative estimate of drug-likeness (QED) is 0.797. The number of rotatable bonds is 3. The zero-order valence-corrected chi connectivity index (χ0v) is 12.6. The Morgan fingerprint density at radius 3 is 1.83 bits per heavy atom. The van der Waals surface area contributed by atoms with Crippen molar-refractivity contribution < 1.29 is 19.2 Å². The van der Waals surface area contributed by atoms with Crippen molar-refractivity contribution in [2.75, 3.05) is 0 Å². The molecule has 0 saturated heterocycles. The summed E-state index contributed by atoms with van der Waals surface area (Å²) in [6.07, 6.45) is -0.00117. The Kier molecular flexibility index (Phi) is 5.79. The number of amides is 6. The lowest BCUT2D eigenvalue weighted by molar-refractivity contribution is -0.119. The Balaban J connectivity index is 1.78. The molecule has 2 aromatic rings. The summed E-state index contributed by atoms with van der Waals surface area (Å²) in [5.74, 6) is -1.22. The van der Waals surface area contributed by atoms with E-state index in [9.17, 15) is 19.2 Å². The maximum absolute atomic E-state index is 11.7. The number of imide groups is 3.